The van der Waals surface area contributed by atoms with E-state index in [-0.39, 0.29) is 0 Å². The molecule has 2 aromatic rings. The number of fused-ring (bicyclic) bond motifs is 1. The molecule has 0 aliphatic carbocycles. The van der Waals surface area contributed by atoms with E-state index in [1.807, 2.05) is 13.1 Å². The van der Waals surface area contributed by atoms with Gasteiger partial charge in [-0.15, -0.1) is 0 Å². The van der Waals surface area contributed by atoms with Gasteiger partial charge in [0.1, 0.15) is 5.75 Å². The highest BCUT2D eigenvalue weighted by Gasteiger charge is 2.11. The summed E-state index contributed by atoms with van der Waals surface area (Å²) in [5, 5.41) is 4.46. The molecule has 3 heteroatoms. The average molecular weight is 232 g/mol. The van der Waals surface area contributed by atoms with Crippen LogP contribution in [0.5, 0.6) is 5.75 Å². The van der Waals surface area contributed by atoms with Gasteiger partial charge in [0.05, 0.1) is 7.11 Å². The number of methoxy groups -OCH3 is 1. The fraction of sp³-hybridized carbons (Fsp3) is 0.429. The molecule has 0 saturated heterocycles. The second kappa shape index (κ2) is 4.80. The maximum absolute atomic E-state index is 5.27. The minimum Gasteiger partial charge on any atom is -0.497 e. The van der Waals surface area contributed by atoms with Crippen LogP contribution in [0.1, 0.15) is 25.6 Å². The van der Waals surface area contributed by atoms with Crippen molar-refractivity contribution < 1.29 is 4.74 Å². The van der Waals surface area contributed by atoms with Gasteiger partial charge in [-0.25, -0.2) is 0 Å². The predicted molar refractivity (Wildman–Crippen MR) is 71.6 cm³/mol. The number of ether oxygens (including phenoxy) is 1. The van der Waals surface area contributed by atoms with Gasteiger partial charge in [0, 0.05) is 29.2 Å². The molecule has 0 saturated carbocycles. The Balaban J connectivity index is 2.61. The van der Waals surface area contributed by atoms with Gasteiger partial charge in [-0.3, -0.25) is 0 Å². The maximum Gasteiger partial charge on any atom is 0.119 e. The van der Waals surface area contributed by atoms with Crippen LogP contribution in [-0.2, 0) is 6.54 Å². The number of nitrogens with one attached hydrogen (secondary N) is 1. The Hall–Kier alpha value is -1.48. The fourth-order valence-corrected chi connectivity index (χ4v) is 2.33. The molecule has 0 amide bonds. The Labute approximate surface area is 102 Å². The van der Waals surface area contributed by atoms with Crippen molar-refractivity contribution in [3.63, 3.8) is 0 Å². The predicted octanol–water partition coefficient (Wildman–Crippen LogP) is 2.95. The van der Waals surface area contributed by atoms with E-state index < -0.39 is 0 Å². The minimum absolute atomic E-state index is 0.462. The van der Waals surface area contributed by atoms with E-state index in [0.29, 0.717) is 6.04 Å². The number of benzene rings is 1. The summed E-state index contributed by atoms with van der Waals surface area (Å²) in [4.78, 5) is 0. The Bertz CT molecular complexity index is 514. The lowest BCUT2D eigenvalue weighted by Gasteiger charge is -2.14. The van der Waals surface area contributed by atoms with Gasteiger partial charge in [0.25, 0.3) is 0 Å². The van der Waals surface area contributed by atoms with E-state index in [4.69, 9.17) is 4.74 Å². The van der Waals surface area contributed by atoms with Crippen LogP contribution in [0, 0.1) is 0 Å². The zero-order valence-corrected chi connectivity index (χ0v) is 10.9. The smallest absolute Gasteiger partial charge is 0.119 e. The molecule has 0 aliphatic rings. The molecular weight excluding hydrogens is 212 g/mol. The lowest BCUT2D eigenvalue weighted by Crippen LogP contribution is -2.12. The third kappa shape index (κ3) is 2.15. The molecule has 1 N–H and O–H groups in total. The molecule has 0 radical (unpaired) electrons. The van der Waals surface area contributed by atoms with Crippen LogP contribution in [0.15, 0.2) is 24.3 Å². The maximum atomic E-state index is 5.27. The van der Waals surface area contributed by atoms with Crippen molar-refractivity contribution in [3.05, 3.63) is 30.0 Å². The molecule has 3 nitrogen and oxygen atoms in total. The summed E-state index contributed by atoms with van der Waals surface area (Å²) < 4.78 is 7.63. The second-order valence-electron chi connectivity index (χ2n) is 4.55. The zero-order chi connectivity index (χ0) is 12.4. The second-order valence-corrected chi connectivity index (χ2v) is 4.55. The number of nitrogens with zero attached hydrogens (tertiary/aromatic N) is 1. The first-order valence-corrected chi connectivity index (χ1v) is 5.99. The van der Waals surface area contributed by atoms with Crippen molar-refractivity contribution in [2.75, 3.05) is 14.2 Å². The first kappa shape index (κ1) is 12.0. The molecule has 0 spiro atoms. The molecule has 92 valence electrons. The Morgan fingerprint density at radius 1 is 1.29 bits per heavy atom. The summed E-state index contributed by atoms with van der Waals surface area (Å²) in [6, 6.07) is 8.93. The van der Waals surface area contributed by atoms with Crippen molar-refractivity contribution in [2.24, 2.45) is 0 Å². The molecule has 1 heterocycles. The largest absolute Gasteiger partial charge is 0.497 e. The van der Waals surface area contributed by atoms with Crippen LogP contribution in [0.4, 0.5) is 0 Å². The van der Waals surface area contributed by atoms with Gasteiger partial charge in [-0.05, 0) is 45.2 Å². The van der Waals surface area contributed by atoms with E-state index in [9.17, 15) is 0 Å². The molecule has 1 aromatic carbocycles. The van der Waals surface area contributed by atoms with Gasteiger partial charge < -0.3 is 14.6 Å². The first-order valence-electron chi connectivity index (χ1n) is 5.99. The number of rotatable bonds is 4. The lowest BCUT2D eigenvalue weighted by molar-refractivity contribution is 0.415. The van der Waals surface area contributed by atoms with E-state index in [1.54, 1.807) is 7.11 Å². The summed E-state index contributed by atoms with van der Waals surface area (Å²) in [7, 11) is 3.68. The Kier molecular flexibility index (Phi) is 3.38. The van der Waals surface area contributed by atoms with Crippen molar-refractivity contribution in [3.8, 4) is 5.75 Å². The highest BCUT2D eigenvalue weighted by molar-refractivity contribution is 5.83. The molecule has 0 atom stereocenters. The molecule has 1 aromatic heterocycles. The Morgan fingerprint density at radius 3 is 2.65 bits per heavy atom. The van der Waals surface area contributed by atoms with E-state index in [1.165, 1.54) is 16.6 Å². The van der Waals surface area contributed by atoms with Crippen LogP contribution in [0.2, 0.25) is 0 Å². The molecule has 0 bridgehead atoms. The molecular formula is C14H20N2O. The molecule has 0 aliphatic heterocycles. The normalized spacial score (nSPS) is 11.4. The lowest BCUT2D eigenvalue weighted by atomic mass is 10.2. The number of aromatic nitrogens is 1. The molecule has 2 rings (SSSR count). The van der Waals surface area contributed by atoms with Crippen LogP contribution in [0.25, 0.3) is 10.9 Å². The summed E-state index contributed by atoms with van der Waals surface area (Å²) in [5.74, 6) is 0.911. The van der Waals surface area contributed by atoms with E-state index >= 15 is 0 Å². The standard InChI is InChI=1S/C14H20N2O/c1-10(2)16-12(9-15-3)7-11-8-13(17-4)5-6-14(11)16/h5-8,10,15H,9H2,1-4H3. The number of hydrogen-bond donors (Lipinski definition) is 1. The minimum atomic E-state index is 0.462. The molecule has 0 fully saturated rings. The monoisotopic (exact) mass is 232 g/mol. The van der Waals surface area contributed by atoms with Crippen LogP contribution in [0.3, 0.4) is 0 Å². The van der Waals surface area contributed by atoms with Crippen molar-refractivity contribution in [2.45, 2.75) is 26.4 Å². The van der Waals surface area contributed by atoms with Gasteiger partial charge in [0.2, 0.25) is 0 Å². The van der Waals surface area contributed by atoms with Crippen molar-refractivity contribution in [1.29, 1.82) is 0 Å². The summed E-state index contributed by atoms with van der Waals surface area (Å²) in [6.45, 7) is 5.31. The van der Waals surface area contributed by atoms with Crippen LogP contribution in [-0.4, -0.2) is 18.7 Å². The van der Waals surface area contributed by atoms with Crippen LogP contribution >= 0.6 is 0 Å². The highest BCUT2D eigenvalue weighted by atomic mass is 16.5. The van der Waals surface area contributed by atoms with Gasteiger partial charge in [-0.2, -0.15) is 0 Å². The SMILES string of the molecule is CNCc1cc2cc(OC)ccc2n1C(C)C. The average Bonchev–Trinajstić information content (AvgIpc) is 2.66. The third-order valence-electron chi connectivity index (χ3n) is 3.00. The topological polar surface area (TPSA) is 26.2 Å². The molecule has 17 heavy (non-hydrogen) atoms. The highest BCUT2D eigenvalue weighted by Crippen LogP contribution is 2.27. The van der Waals surface area contributed by atoms with Crippen molar-refractivity contribution >= 4 is 10.9 Å². The van der Waals surface area contributed by atoms with Gasteiger partial charge in [0.15, 0.2) is 0 Å². The summed E-state index contributed by atoms with van der Waals surface area (Å²) in [6.07, 6.45) is 0. The third-order valence-corrected chi connectivity index (χ3v) is 3.00. The van der Waals surface area contributed by atoms with E-state index in [2.05, 4.69) is 41.9 Å². The quantitative estimate of drug-likeness (QED) is 0.877. The molecule has 0 unspecified atom stereocenters. The van der Waals surface area contributed by atoms with Crippen LogP contribution < -0.4 is 10.1 Å². The number of hydrogen-bond acceptors (Lipinski definition) is 2. The first-order chi connectivity index (χ1) is 8.17. The summed E-state index contributed by atoms with van der Waals surface area (Å²) >= 11 is 0. The fourth-order valence-electron chi connectivity index (χ4n) is 2.33. The Morgan fingerprint density at radius 2 is 2.06 bits per heavy atom. The van der Waals surface area contributed by atoms with E-state index in [0.717, 1.165) is 12.3 Å². The van der Waals surface area contributed by atoms with Gasteiger partial charge in [-0.1, -0.05) is 0 Å². The van der Waals surface area contributed by atoms with Crippen molar-refractivity contribution in [1.82, 2.24) is 9.88 Å². The van der Waals surface area contributed by atoms with Gasteiger partial charge >= 0.3 is 0 Å². The summed E-state index contributed by atoms with van der Waals surface area (Å²) in [5.41, 5.74) is 2.58. The zero-order valence-electron chi connectivity index (χ0n) is 10.9.